The van der Waals surface area contributed by atoms with Crippen LogP contribution < -0.4 is 0 Å². The lowest BCUT2D eigenvalue weighted by atomic mass is 9.87. The SMILES string of the molecule is CCc1ccc2c(Cc3cccc(C(=O)OC)n3)c(C(C)(C)C)[nH]c2c1. The van der Waals surface area contributed by atoms with Gasteiger partial charge in [-0.05, 0) is 35.7 Å². The van der Waals surface area contributed by atoms with E-state index in [-0.39, 0.29) is 5.41 Å². The van der Waals surface area contributed by atoms with Crippen LogP contribution in [-0.2, 0) is 23.0 Å². The van der Waals surface area contributed by atoms with E-state index in [0.717, 1.165) is 17.6 Å². The predicted octanol–water partition coefficient (Wildman–Crippen LogP) is 4.80. The van der Waals surface area contributed by atoms with Gasteiger partial charge in [-0.15, -0.1) is 0 Å². The number of carbonyl (C=O) groups excluding carboxylic acids is 1. The minimum absolute atomic E-state index is 0.0132. The molecule has 0 aliphatic rings. The average molecular weight is 350 g/mol. The van der Waals surface area contributed by atoms with Crippen molar-refractivity contribution in [3.8, 4) is 0 Å². The maximum absolute atomic E-state index is 11.8. The Morgan fingerprint density at radius 2 is 1.96 bits per heavy atom. The van der Waals surface area contributed by atoms with Gasteiger partial charge in [0.05, 0.1) is 7.11 Å². The summed E-state index contributed by atoms with van der Waals surface area (Å²) in [6.07, 6.45) is 1.68. The minimum Gasteiger partial charge on any atom is -0.464 e. The van der Waals surface area contributed by atoms with Crippen molar-refractivity contribution in [3.05, 3.63) is 64.6 Å². The Labute approximate surface area is 154 Å². The third-order valence-electron chi connectivity index (χ3n) is 4.69. The molecule has 0 unspecified atom stereocenters. The summed E-state index contributed by atoms with van der Waals surface area (Å²) < 4.78 is 4.79. The molecule has 2 aromatic heterocycles. The normalized spacial score (nSPS) is 11.7. The monoisotopic (exact) mass is 350 g/mol. The molecule has 0 aliphatic heterocycles. The fourth-order valence-electron chi connectivity index (χ4n) is 3.32. The quantitative estimate of drug-likeness (QED) is 0.688. The molecule has 2 heterocycles. The predicted molar refractivity (Wildman–Crippen MR) is 105 cm³/mol. The molecule has 3 aromatic rings. The highest BCUT2D eigenvalue weighted by Crippen LogP contribution is 2.33. The Morgan fingerprint density at radius 1 is 1.19 bits per heavy atom. The van der Waals surface area contributed by atoms with Crippen LogP contribution in [-0.4, -0.2) is 23.0 Å². The van der Waals surface area contributed by atoms with E-state index in [4.69, 9.17) is 4.74 Å². The first-order chi connectivity index (χ1) is 12.3. The van der Waals surface area contributed by atoms with Gasteiger partial charge in [-0.1, -0.05) is 45.9 Å². The standard InChI is InChI=1S/C22H26N2O2/c1-6-14-10-11-16-17(20(22(2,3)4)24-19(16)12-14)13-15-8-7-9-18(23-15)21(25)26-5/h7-12,24H,6,13H2,1-5H3. The molecule has 4 nitrogen and oxygen atoms in total. The highest BCUT2D eigenvalue weighted by molar-refractivity contribution is 5.87. The number of nitrogens with zero attached hydrogens (tertiary/aromatic N) is 1. The molecule has 3 rings (SSSR count). The first-order valence-corrected chi connectivity index (χ1v) is 9.01. The molecule has 0 saturated carbocycles. The third-order valence-corrected chi connectivity index (χ3v) is 4.69. The summed E-state index contributed by atoms with van der Waals surface area (Å²) in [7, 11) is 1.37. The summed E-state index contributed by atoms with van der Waals surface area (Å²) >= 11 is 0. The number of ether oxygens (including phenoxy) is 1. The van der Waals surface area contributed by atoms with E-state index in [1.165, 1.54) is 29.3 Å². The Hall–Kier alpha value is -2.62. The molecule has 0 spiro atoms. The third kappa shape index (κ3) is 3.50. The molecule has 1 N–H and O–H groups in total. The molecule has 0 bridgehead atoms. The number of rotatable bonds is 4. The van der Waals surface area contributed by atoms with Gasteiger partial charge in [0.15, 0.2) is 0 Å². The second-order valence-corrected chi connectivity index (χ2v) is 7.64. The molecule has 0 radical (unpaired) electrons. The van der Waals surface area contributed by atoms with Gasteiger partial charge in [0.25, 0.3) is 0 Å². The van der Waals surface area contributed by atoms with Gasteiger partial charge < -0.3 is 9.72 Å². The zero-order chi connectivity index (χ0) is 18.9. The summed E-state index contributed by atoms with van der Waals surface area (Å²) in [6.45, 7) is 8.79. The van der Waals surface area contributed by atoms with Crippen LogP contribution in [0.3, 0.4) is 0 Å². The number of carbonyl (C=O) groups is 1. The molecule has 26 heavy (non-hydrogen) atoms. The van der Waals surface area contributed by atoms with Crippen molar-refractivity contribution in [2.75, 3.05) is 7.11 Å². The van der Waals surface area contributed by atoms with Gasteiger partial charge in [-0.25, -0.2) is 9.78 Å². The van der Waals surface area contributed by atoms with Crippen LogP contribution >= 0.6 is 0 Å². The molecular formula is C22H26N2O2. The van der Waals surface area contributed by atoms with E-state index in [1.807, 2.05) is 12.1 Å². The van der Waals surface area contributed by atoms with Gasteiger partial charge in [-0.3, -0.25) is 0 Å². The second-order valence-electron chi connectivity index (χ2n) is 7.64. The molecule has 0 aliphatic carbocycles. The summed E-state index contributed by atoms with van der Waals surface area (Å²) in [6, 6.07) is 12.1. The Morgan fingerprint density at radius 3 is 2.62 bits per heavy atom. The van der Waals surface area contributed by atoms with Crippen LogP contribution in [0.25, 0.3) is 10.9 Å². The number of esters is 1. The second kappa shape index (κ2) is 6.94. The van der Waals surface area contributed by atoms with Gasteiger partial charge in [0.1, 0.15) is 5.69 Å². The van der Waals surface area contributed by atoms with Crippen molar-refractivity contribution in [2.24, 2.45) is 0 Å². The topological polar surface area (TPSA) is 55.0 Å². The smallest absolute Gasteiger partial charge is 0.356 e. The molecule has 4 heteroatoms. The number of pyridine rings is 1. The van der Waals surface area contributed by atoms with E-state index in [0.29, 0.717) is 12.1 Å². The van der Waals surface area contributed by atoms with E-state index in [1.54, 1.807) is 6.07 Å². The zero-order valence-electron chi connectivity index (χ0n) is 16.1. The van der Waals surface area contributed by atoms with Crippen molar-refractivity contribution in [2.45, 2.75) is 46.0 Å². The van der Waals surface area contributed by atoms with Crippen molar-refractivity contribution in [1.82, 2.24) is 9.97 Å². The van der Waals surface area contributed by atoms with Crippen LogP contribution in [0.1, 0.15) is 60.7 Å². The van der Waals surface area contributed by atoms with Gasteiger partial charge in [-0.2, -0.15) is 0 Å². The van der Waals surface area contributed by atoms with Crippen molar-refractivity contribution in [1.29, 1.82) is 0 Å². The van der Waals surface area contributed by atoms with Crippen molar-refractivity contribution >= 4 is 16.9 Å². The highest BCUT2D eigenvalue weighted by Gasteiger charge is 2.23. The van der Waals surface area contributed by atoms with Crippen LogP contribution in [0.2, 0.25) is 0 Å². The first kappa shape index (κ1) is 18.2. The lowest BCUT2D eigenvalue weighted by Crippen LogP contribution is -2.15. The van der Waals surface area contributed by atoms with Gasteiger partial charge >= 0.3 is 5.97 Å². The summed E-state index contributed by atoms with van der Waals surface area (Å²) in [5.74, 6) is -0.408. The molecule has 0 saturated heterocycles. The Bertz CT molecular complexity index is 948. The van der Waals surface area contributed by atoms with Gasteiger partial charge in [0.2, 0.25) is 0 Å². The van der Waals surface area contributed by atoms with Crippen molar-refractivity contribution in [3.63, 3.8) is 0 Å². The molecule has 0 fully saturated rings. The Balaban J connectivity index is 2.10. The number of methoxy groups -OCH3 is 1. The lowest BCUT2D eigenvalue weighted by Gasteiger charge is -2.19. The fourth-order valence-corrected chi connectivity index (χ4v) is 3.32. The number of hydrogen-bond acceptors (Lipinski definition) is 3. The Kier molecular flexibility index (Phi) is 4.86. The average Bonchev–Trinajstić information content (AvgIpc) is 2.99. The summed E-state index contributed by atoms with van der Waals surface area (Å²) in [5.41, 5.74) is 6.12. The summed E-state index contributed by atoms with van der Waals surface area (Å²) in [4.78, 5) is 19.9. The largest absolute Gasteiger partial charge is 0.464 e. The van der Waals surface area contributed by atoms with Crippen molar-refractivity contribution < 1.29 is 9.53 Å². The minimum atomic E-state index is -0.408. The number of nitrogens with one attached hydrogen (secondary N) is 1. The number of hydrogen-bond donors (Lipinski definition) is 1. The number of aromatic nitrogens is 2. The highest BCUT2D eigenvalue weighted by atomic mass is 16.5. The molecule has 136 valence electrons. The summed E-state index contributed by atoms with van der Waals surface area (Å²) in [5, 5.41) is 1.22. The van der Waals surface area contributed by atoms with E-state index >= 15 is 0 Å². The molecule has 0 atom stereocenters. The molecular weight excluding hydrogens is 324 g/mol. The lowest BCUT2D eigenvalue weighted by molar-refractivity contribution is 0.0593. The number of H-pyrrole nitrogens is 1. The maximum Gasteiger partial charge on any atom is 0.356 e. The fraction of sp³-hybridized carbons (Fsp3) is 0.364. The van der Waals surface area contributed by atoms with Gasteiger partial charge in [0, 0.05) is 34.1 Å². The molecule has 1 aromatic carbocycles. The van der Waals surface area contributed by atoms with Crippen LogP contribution in [0, 0.1) is 0 Å². The maximum atomic E-state index is 11.8. The van der Waals surface area contributed by atoms with E-state index in [9.17, 15) is 4.79 Å². The number of benzene rings is 1. The zero-order valence-corrected chi connectivity index (χ0v) is 16.1. The number of aromatic amines is 1. The molecule has 0 amide bonds. The van der Waals surface area contributed by atoms with Crippen LogP contribution in [0.5, 0.6) is 0 Å². The first-order valence-electron chi connectivity index (χ1n) is 9.01. The van der Waals surface area contributed by atoms with Crippen LogP contribution in [0.4, 0.5) is 0 Å². The number of aryl methyl sites for hydroxylation is 1. The number of fused-ring (bicyclic) bond motifs is 1. The van der Waals surface area contributed by atoms with Crippen LogP contribution in [0.15, 0.2) is 36.4 Å². The van der Waals surface area contributed by atoms with E-state index in [2.05, 4.69) is 55.9 Å². The van der Waals surface area contributed by atoms with E-state index < -0.39 is 5.97 Å².